The number of benzene rings is 1. The maximum absolute atomic E-state index is 11.9. The van der Waals surface area contributed by atoms with Gasteiger partial charge in [0.25, 0.3) is 5.91 Å². The van der Waals surface area contributed by atoms with Gasteiger partial charge in [-0.25, -0.2) is 4.99 Å². The molecule has 2 aromatic rings. The van der Waals surface area contributed by atoms with Crippen molar-refractivity contribution in [3.8, 4) is 0 Å². The van der Waals surface area contributed by atoms with Crippen LogP contribution >= 0.6 is 23.4 Å². The fourth-order valence-electron chi connectivity index (χ4n) is 1.84. The van der Waals surface area contributed by atoms with Crippen LogP contribution in [0.2, 0.25) is 5.02 Å². The van der Waals surface area contributed by atoms with Gasteiger partial charge in [0.05, 0.1) is 16.9 Å². The summed E-state index contributed by atoms with van der Waals surface area (Å²) in [6.45, 7) is 1.92. The Morgan fingerprint density at radius 3 is 2.95 bits per heavy atom. The second-order valence-corrected chi connectivity index (χ2v) is 5.90. The van der Waals surface area contributed by atoms with Crippen molar-refractivity contribution < 1.29 is 9.21 Å². The number of aryl methyl sites for hydroxylation is 1. The lowest BCUT2D eigenvalue weighted by Crippen LogP contribution is -2.19. The molecular formula is C15H11ClN2O2S. The van der Waals surface area contributed by atoms with Gasteiger partial charge in [0.1, 0.15) is 5.76 Å². The third-order valence-electron chi connectivity index (χ3n) is 2.85. The van der Waals surface area contributed by atoms with Gasteiger partial charge in [-0.05, 0) is 54.6 Å². The van der Waals surface area contributed by atoms with Crippen LogP contribution in [0.25, 0.3) is 6.08 Å². The Kier molecular flexibility index (Phi) is 3.86. The molecule has 1 N–H and O–H groups in total. The van der Waals surface area contributed by atoms with Crippen LogP contribution in [0.1, 0.15) is 11.3 Å². The number of hydrogen-bond acceptors (Lipinski definition) is 4. The summed E-state index contributed by atoms with van der Waals surface area (Å²) in [6.07, 6.45) is 3.26. The maximum atomic E-state index is 11.9. The topological polar surface area (TPSA) is 54.6 Å². The summed E-state index contributed by atoms with van der Waals surface area (Å²) < 4.78 is 5.21. The van der Waals surface area contributed by atoms with Gasteiger partial charge in [0.2, 0.25) is 0 Å². The lowest BCUT2D eigenvalue weighted by molar-refractivity contribution is -0.115. The molecule has 0 spiro atoms. The number of nitrogens with one attached hydrogen (secondary N) is 1. The molecule has 2 heterocycles. The zero-order valence-corrected chi connectivity index (χ0v) is 12.7. The summed E-state index contributed by atoms with van der Waals surface area (Å²) in [6, 6.07) is 9.00. The Balaban J connectivity index is 1.85. The zero-order chi connectivity index (χ0) is 14.8. The summed E-state index contributed by atoms with van der Waals surface area (Å²) >= 11 is 7.20. The molecule has 106 valence electrons. The number of thioether (sulfide) groups is 1. The Morgan fingerprint density at radius 1 is 1.38 bits per heavy atom. The number of halogens is 1. The average Bonchev–Trinajstić information content (AvgIpc) is 3.04. The molecule has 0 aliphatic carbocycles. The molecule has 0 radical (unpaired) electrons. The summed E-state index contributed by atoms with van der Waals surface area (Å²) in [7, 11) is 0. The largest absolute Gasteiger partial charge is 0.465 e. The molecule has 6 heteroatoms. The quantitative estimate of drug-likeness (QED) is 0.847. The second kappa shape index (κ2) is 5.79. The number of carbonyl (C=O) groups excluding carboxylic acids is 1. The molecule has 3 rings (SSSR count). The highest BCUT2D eigenvalue weighted by Crippen LogP contribution is 2.29. The Bertz CT molecular complexity index is 751. The minimum Gasteiger partial charge on any atom is -0.465 e. The van der Waals surface area contributed by atoms with E-state index in [4.69, 9.17) is 16.0 Å². The van der Waals surface area contributed by atoms with Gasteiger partial charge >= 0.3 is 0 Å². The van der Waals surface area contributed by atoms with Crippen molar-refractivity contribution in [1.29, 1.82) is 0 Å². The van der Waals surface area contributed by atoms with Gasteiger partial charge in [0.15, 0.2) is 5.17 Å². The van der Waals surface area contributed by atoms with Gasteiger partial charge in [0, 0.05) is 11.1 Å². The SMILES string of the molecule is Cc1cc(Cl)ccc1N=C1NC(=O)/C(=C/c2ccco2)S1. The highest BCUT2D eigenvalue weighted by Gasteiger charge is 2.24. The zero-order valence-electron chi connectivity index (χ0n) is 11.1. The van der Waals surface area contributed by atoms with Crippen LogP contribution in [0.15, 0.2) is 50.9 Å². The van der Waals surface area contributed by atoms with Crippen LogP contribution in [0.3, 0.4) is 0 Å². The number of rotatable bonds is 2. The van der Waals surface area contributed by atoms with Crippen molar-refractivity contribution in [3.63, 3.8) is 0 Å². The van der Waals surface area contributed by atoms with Crippen molar-refractivity contribution in [2.45, 2.75) is 6.92 Å². The van der Waals surface area contributed by atoms with Crippen molar-refractivity contribution in [2.24, 2.45) is 4.99 Å². The number of furan rings is 1. The molecule has 1 aromatic carbocycles. The molecule has 0 atom stereocenters. The van der Waals surface area contributed by atoms with Gasteiger partial charge < -0.3 is 9.73 Å². The van der Waals surface area contributed by atoms with E-state index in [1.165, 1.54) is 11.8 Å². The van der Waals surface area contributed by atoms with Gasteiger partial charge in [-0.15, -0.1) is 0 Å². The predicted octanol–water partition coefficient (Wildman–Crippen LogP) is 4.13. The highest BCUT2D eigenvalue weighted by molar-refractivity contribution is 8.18. The van der Waals surface area contributed by atoms with Gasteiger partial charge in [-0.2, -0.15) is 0 Å². The number of amides is 1. The van der Waals surface area contributed by atoms with E-state index in [-0.39, 0.29) is 5.91 Å². The van der Waals surface area contributed by atoms with Crippen LogP contribution in [0.4, 0.5) is 5.69 Å². The summed E-state index contributed by atoms with van der Waals surface area (Å²) in [4.78, 5) is 16.9. The molecule has 1 amide bonds. The molecular weight excluding hydrogens is 308 g/mol. The van der Waals surface area contributed by atoms with Gasteiger partial charge in [-0.1, -0.05) is 11.6 Å². The number of hydrogen-bond donors (Lipinski definition) is 1. The van der Waals surface area contributed by atoms with Crippen LogP contribution < -0.4 is 5.32 Å². The van der Waals surface area contributed by atoms with Crippen molar-refractivity contribution >= 4 is 46.2 Å². The molecule has 4 nitrogen and oxygen atoms in total. The molecule has 0 bridgehead atoms. The van der Waals surface area contributed by atoms with E-state index in [1.807, 2.05) is 19.1 Å². The first-order chi connectivity index (χ1) is 10.1. The van der Waals surface area contributed by atoms with E-state index in [1.54, 1.807) is 30.5 Å². The van der Waals surface area contributed by atoms with E-state index >= 15 is 0 Å². The van der Waals surface area contributed by atoms with Crippen LogP contribution in [0, 0.1) is 6.92 Å². The standard InChI is InChI=1S/C15H11ClN2O2S/c1-9-7-10(16)4-5-12(9)17-15-18-14(19)13(21-15)8-11-3-2-6-20-11/h2-8H,1H3,(H,17,18,19)/b13-8-. The first kappa shape index (κ1) is 14.0. The van der Waals surface area contributed by atoms with E-state index in [0.717, 1.165) is 11.3 Å². The number of amidine groups is 1. The van der Waals surface area contributed by atoms with E-state index < -0.39 is 0 Å². The fraction of sp³-hybridized carbons (Fsp3) is 0.0667. The summed E-state index contributed by atoms with van der Waals surface area (Å²) in [5, 5.41) is 3.95. The minimum absolute atomic E-state index is 0.179. The monoisotopic (exact) mass is 318 g/mol. The normalized spacial score (nSPS) is 18.5. The molecule has 1 aliphatic heterocycles. The first-order valence-electron chi connectivity index (χ1n) is 6.21. The van der Waals surface area contributed by atoms with Crippen molar-refractivity contribution in [3.05, 3.63) is 57.8 Å². The Labute approximate surface area is 130 Å². The number of nitrogens with zero attached hydrogens (tertiary/aromatic N) is 1. The Morgan fingerprint density at radius 2 is 2.24 bits per heavy atom. The molecule has 0 saturated carbocycles. The molecule has 21 heavy (non-hydrogen) atoms. The molecule has 1 aromatic heterocycles. The predicted molar refractivity (Wildman–Crippen MR) is 85.7 cm³/mol. The van der Waals surface area contributed by atoms with E-state index in [0.29, 0.717) is 20.9 Å². The smallest absolute Gasteiger partial charge is 0.264 e. The second-order valence-electron chi connectivity index (χ2n) is 4.43. The van der Waals surface area contributed by atoms with Gasteiger partial charge in [-0.3, -0.25) is 4.79 Å². The highest BCUT2D eigenvalue weighted by atomic mass is 35.5. The minimum atomic E-state index is -0.179. The third kappa shape index (κ3) is 3.20. The maximum Gasteiger partial charge on any atom is 0.264 e. The van der Waals surface area contributed by atoms with Crippen LogP contribution in [-0.2, 0) is 4.79 Å². The molecule has 1 aliphatic rings. The lowest BCUT2D eigenvalue weighted by atomic mass is 10.2. The Hall–Kier alpha value is -1.98. The van der Waals surface area contributed by atoms with Crippen LogP contribution in [0.5, 0.6) is 0 Å². The summed E-state index contributed by atoms with van der Waals surface area (Å²) in [5.41, 5.74) is 1.73. The lowest BCUT2D eigenvalue weighted by Gasteiger charge is -2.01. The number of carbonyl (C=O) groups is 1. The van der Waals surface area contributed by atoms with Crippen molar-refractivity contribution in [1.82, 2.24) is 5.32 Å². The van der Waals surface area contributed by atoms with E-state index in [2.05, 4.69) is 10.3 Å². The van der Waals surface area contributed by atoms with Crippen molar-refractivity contribution in [2.75, 3.05) is 0 Å². The molecule has 1 saturated heterocycles. The average molecular weight is 319 g/mol. The fourth-order valence-corrected chi connectivity index (χ4v) is 2.88. The third-order valence-corrected chi connectivity index (χ3v) is 3.99. The summed E-state index contributed by atoms with van der Waals surface area (Å²) in [5.74, 6) is 0.457. The van der Waals surface area contributed by atoms with Crippen LogP contribution in [-0.4, -0.2) is 11.1 Å². The molecule has 0 unspecified atom stereocenters. The molecule has 1 fully saturated rings. The first-order valence-corrected chi connectivity index (χ1v) is 7.40. The number of aliphatic imine (C=N–C) groups is 1. The van der Waals surface area contributed by atoms with E-state index in [9.17, 15) is 4.79 Å².